The van der Waals surface area contributed by atoms with Crippen LogP contribution in [0.15, 0.2) is 33.6 Å². The third-order valence-electron chi connectivity index (χ3n) is 2.82. The Morgan fingerprint density at radius 1 is 1.31 bits per heavy atom. The van der Waals surface area contributed by atoms with Crippen molar-refractivity contribution in [2.24, 2.45) is 10.1 Å². The molecule has 1 aromatic carbocycles. The average Bonchev–Trinajstić information content (AvgIpc) is 2.47. The molecule has 5 nitrogen and oxygen atoms in total. The van der Waals surface area contributed by atoms with Gasteiger partial charge in [0, 0.05) is 24.7 Å². The molecule has 2 aliphatic heterocycles. The van der Waals surface area contributed by atoms with Gasteiger partial charge in [-0.2, -0.15) is 8.42 Å². The predicted molar refractivity (Wildman–Crippen MR) is 59.7 cm³/mol. The number of nitrogens with zero attached hydrogens (tertiary/aromatic N) is 2. The molecule has 0 bridgehead atoms. The fourth-order valence-electron chi connectivity index (χ4n) is 2.00. The van der Waals surface area contributed by atoms with Gasteiger partial charge in [0.05, 0.1) is 0 Å². The van der Waals surface area contributed by atoms with Gasteiger partial charge in [-0.3, -0.25) is 0 Å². The van der Waals surface area contributed by atoms with Crippen molar-refractivity contribution in [3.63, 3.8) is 0 Å². The second-order valence-electron chi connectivity index (χ2n) is 4.05. The third-order valence-corrected chi connectivity index (χ3v) is 4.15. The van der Waals surface area contributed by atoms with Gasteiger partial charge in [0.25, 0.3) is 10.0 Å². The fraction of sp³-hybridized carbons (Fsp3) is 0.300. The minimum absolute atomic E-state index is 0.123. The lowest BCUT2D eigenvalue weighted by molar-refractivity contribution is 0.255. The fourth-order valence-corrected chi connectivity index (χ4v) is 3.23. The first-order chi connectivity index (χ1) is 7.58. The molecule has 0 unspecified atom stereocenters. The zero-order valence-corrected chi connectivity index (χ0v) is 9.31. The van der Waals surface area contributed by atoms with Gasteiger partial charge in [-0.1, -0.05) is 12.1 Å². The van der Waals surface area contributed by atoms with E-state index in [1.54, 1.807) is 18.2 Å². The van der Waals surface area contributed by atoms with Gasteiger partial charge < -0.3 is 10.6 Å². The van der Waals surface area contributed by atoms with E-state index in [2.05, 4.69) is 4.40 Å². The number of likely N-dealkylation sites (tertiary alicyclic amines) is 1. The largest absolute Gasteiger partial charge is 0.352 e. The van der Waals surface area contributed by atoms with Crippen molar-refractivity contribution in [2.45, 2.75) is 10.9 Å². The molecule has 3 rings (SSSR count). The molecular weight excluding hydrogens is 226 g/mol. The number of benzene rings is 1. The van der Waals surface area contributed by atoms with Gasteiger partial charge in [-0.05, 0) is 12.1 Å². The monoisotopic (exact) mass is 237 g/mol. The molecule has 0 atom stereocenters. The first-order valence-electron chi connectivity index (χ1n) is 5.03. The van der Waals surface area contributed by atoms with Gasteiger partial charge in [-0.15, -0.1) is 4.40 Å². The summed E-state index contributed by atoms with van der Waals surface area (Å²) in [5, 5.41) is 0. The molecule has 16 heavy (non-hydrogen) atoms. The van der Waals surface area contributed by atoms with Crippen LogP contribution in [0.2, 0.25) is 0 Å². The smallest absolute Gasteiger partial charge is 0.285 e. The van der Waals surface area contributed by atoms with E-state index >= 15 is 0 Å². The van der Waals surface area contributed by atoms with Gasteiger partial charge >= 0.3 is 0 Å². The highest BCUT2D eigenvalue weighted by Gasteiger charge is 2.35. The zero-order valence-electron chi connectivity index (χ0n) is 8.50. The second kappa shape index (κ2) is 3.05. The molecule has 6 heteroatoms. The summed E-state index contributed by atoms with van der Waals surface area (Å²) in [6.45, 7) is 1.34. The van der Waals surface area contributed by atoms with E-state index in [1.165, 1.54) is 0 Å². The lowest BCUT2D eigenvalue weighted by atomic mass is 10.1. The summed E-state index contributed by atoms with van der Waals surface area (Å²) in [5.74, 6) is 0.539. The van der Waals surface area contributed by atoms with Crippen molar-refractivity contribution in [1.82, 2.24) is 4.90 Å². The number of sulfonamides is 1. The van der Waals surface area contributed by atoms with Crippen LogP contribution >= 0.6 is 0 Å². The van der Waals surface area contributed by atoms with E-state index in [0.29, 0.717) is 29.4 Å². The molecule has 0 radical (unpaired) electrons. The summed E-state index contributed by atoms with van der Waals surface area (Å²) in [4.78, 5) is 2.19. The van der Waals surface area contributed by atoms with Gasteiger partial charge in [0.15, 0.2) is 5.84 Å². The van der Waals surface area contributed by atoms with Crippen LogP contribution in [0.25, 0.3) is 0 Å². The van der Waals surface area contributed by atoms with Crippen molar-refractivity contribution in [3.8, 4) is 0 Å². The van der Waals surface area contributed by atoms with Crippen molar-refractivity contribution in [2.75, 3.05) is 13.1 Å². The lowest BCUT2D eigenvalue weighted by Gasteiger charge is -2.38. The number of fused-ring (bicyclic) bond motifs is 1. The van der Waals surface area contributed by atoms with E-state index in [4.69, 9.17) is 5.73 Å². The molecule has 2 aliphatic rings. The Kier molecular flexibility index (Phi) is 1.87. The van der Waals surface area contributed by atoms with Crippen LogP contribution in [0, 0.1) is 0 Å². The van der Waals surface area contributed by atoms with Crippen LogP contribution in [0.5, 0.6) is 0 Å². The Balaban J connectivity index is 2.09. The molecule has 2 heterocycles. The first-order valence-corrected chi connectivity index (χ1v) is 6.47. The summed E-state index contributed by atoms with van der Waals surface area (Å²) in [6, 6.07) is 7.01. The van der Waals surface area contributed by atoms with Gasteiger partial charge in [0.1, 0.15) is 4.90 Å². The second-order valence-corrected chi connectivity index (χ2v) is 5.62. The minimum atomic E-state index is -3.49. The molecule has 84 valence electrons. The van der Waals surface area contributed by atoms with E-state index in [1.807, 2.05) is 11.0 Å². The number of amidine groups is 1. The van der Waals surface area contributed by atoms with Gasteiger partial charge in [-0.25, -0.2) is 0 Å². The summed E-state index contributed by atoms with van der Waals surface area (Å²) in [5.41, 5.74) is 6.37. The molecule has 1 saturated heterocycles. The summed E-state index contributed by atoms with van der Waals surface area (Å²) in [6.07, 6.45) is 0. The molecule has 0 aromatic heterocycles. The van der Waals surface area contributed by atoms with Crippen LogP contribution in [0.1, 0.15) is 5.56 Å². The molecule has 0 amide bonds. The number of hydrogen-bond donors (Lipinski definition) is 1. The van der Waals surface area contributed by atoms with Crippen molar-refractivity contribution in [3.05, 3.63) is 29.8 Å². The Morgan fingerprint density at radius 2 is 2.00 bits per heavy atom. The Bertz CT molecular complexity index is 573. The van der Waals surface area contributed by atoms with Gasteiger partial charge in [0.2, 0.25) is 0 Å². The quantitative estimate of drug-likeness (QED) is 0.676. The average molecular weight is 237 g/mol. The minimum Gasteiger partial charge on any atom is -0.352 e. The van der Waals surface area contributed by atoms with Crippen LogP contribution in [0.3, 0.4) is 0 Å². The molecule has 0 saturated carbocycles. The standard InChI is InChI=1S/C10H11N3O2S/c11-7-5-13(6-7)10-8-3-1-2-4-9(8)16(14,15)12-10/h1-4,7H,5-6,11H2. The number of nitrogens with two attached hydrogens (primary N) is 1. The predicted octanol–water partition coefficient (Wildman–Crippen LogP) is -0.222. The maximum Gasteiger partial charge on any atom is 0.285 e. The maximum atomic E-state index is 11.7. The van der Waals surface area contributed by atoms with Crippen LogP contribution in [-0.4, -0.2) is 38.3 Å². The van der Waals surface area contributed by atoms with Crippen LogP contribution < -0.4 is 5.73 Å². The van der Waals surface area contributed by atoms with Crippen molar-refractivity contribution < 1.29 is 8.42 Å². The molecular formula is C10H11N3O2S. The van der Waals surface area contributed by atoms with Crippen molar-refractivity contribution in [1.29, 1.82) is 0 Å². The Morgan fingerprint density at radius 3 is 2.69 bits per heavy atom. The Hall–Kier alpha value is -1.40. The molecule has 1 aromatic rings. The topological polar surface area (TPSA) is 75.8 Å². The molecule has 0 aliphatic carbocycles. The van der Waals surface area contributed by atoms with E-state index < -0.39 is 10.0 Å². The summed E-state index contributed by atoms with van der Waals surface area (Å²) in [7, 11) is -3.49. The normalized spacial score (nSPS) is 22.6. The number of rotatable bonds is 0. The zero-order chi connectivity index (χ0) is 11.3. The number of hydrogen-bond acceptors (Lipinski definition) is 4. The first kappa shape index (κ1) is 9.80. The summed E-state index contributed by atoms with van der Waals surface area (Å²) < 4.78 is 27.3. The van der Waals surface area contributed by atoms with Crippen LogP contribution in [0.4, 0.5) is 0 Å². The summed E-state index contributed by atoms with van der Waals surface area (Å²) >= 11 is 0. The Labute approximate surface area is 93.6 Å². The molecule has 1 fully saturated rings. The highest BCUT2D eigenvalue weighted by molar-refractivity contribution is 7.90. The maximum absolute atomic E-state index is 11.7. The lowest BCUT2D eigenvalue weighted by Crippen LogP contribution is -2.57. The molecule has 2 N–H and O–H groups in total. The van der Waals surface area contributed by atoms with E-state index in [-0.39, 0.29) is 6.04 Å². The third kappa shape index (κ3) is 1.27. The van der Waals surface area contributed by atoms with Crippen LogP contribution in [-0.2, 0) is 10.0 Å². The highest BCUT2D eigenvalue weighted by atomic mass is 32.2. The molecule has 0 spiro atoms. The SMILES string of the molecule is NC1CN(C2=NS(=O)(=O)c3ccccc32)C1. The highest BCUT2D eigenvalue weighted by Crippen LogP contribution is 2.28. The van der Waals surface area contributed by atoms with E-state index in [0.717, 1.165) is 0 Å². The van der Waals surface area contributed by atoms with Crippen molar-refractivity contribution >= 4 is 15.9 Å². The van der Waals surface area contributed by atoms with E-state index in [9.17, 15) is 8.42 Å².